The summed E-state index contributed by atoms with van der Waals surface area (Å²) in [6.45, 7) is 3.66. The predicted octanol–water partition coefficient (Wildman–Crippen LogP) is 1.25. The van der Waals surface area contributed by atoms with Crippen molar-refractivity contribution in [2.75, 3.05) is 5.73 Å². The van der Waals surface area contributed by atoms with Crippen molar-refractivity contribution >= 4 is 21.9 Å². The van der Waals surface area contributed by atoms with E-state index in [4.69, 9.17) is 5.73 Å². The standard InChI is InChI=1S/C10H12BrN3O/c1-3-7(15)4-5-8-9(11)6(2)13-10(12)14-8/h7,15H,3H2,1-2H3,(H2,12,13,14). The summed E-state index contributed by atoms with van der Waals surface area (Å²) in [6.07, 6.45) is -0.0436. The lowest BCUT2D eigenvalue weighted by Gasteiger charge is -2.01. The van der Waals surface area contributed by atoms with Gasteiger partial charge in [0.2, 0.25) is 5.95 Å². The Kier molecular flexibility index (Phi) is 4.06. The van der Waals surface area contributed by atoms with E-state index in [1.54, 1.807) is 0 Å². The number of nitrogens with zero attached hydrogens (tertiary/aromatic N) is 2. The van der Waals surface area contributed by atoms with Crippen LogP contribution in [0.2, 0.25) is 0 Å². The van der Waals surface area contributed by atoms with Crippen LogP contribution in [0.25, 0.3) is 0 Å². The number of aromatic nitrogens is 2. The van der Waals surface area contributed by atoms with Crippen molar-refractivity contribution in [1.82, 2.24) is 9.97 Å². The fourth-order valence-electron chi connectivity index (χ4n) is 0.917. The zero-order valence-corrected chi connectivity index (χ0v) is 10.2. The molecule has 1 rings (SSSR count). The molecule has 0 spiro atoms. The van der Waals surface area contributed by atoms with Crippen LogP contribution in [-0.2, 0) is 0 Å². The SMILES string of the molecule is CCC(O)C#Cc1nc(N)nc(C)c1Br. The molecule has 0 aromatic carbocycles. The first-order valence-corrected chi connectivity index (χ1v) is 5.33. The smallest absolute Gasteiger partial charge is 0.221 e. The second-order valence-electron chi connectivity index (χ2n) is 3.02. The van der Waals surface area contributed by atoms with E-state index in [1.807, 2.05) is 13.8 Å². The van der Waals surface area contributed by atoms with Crippen molar-refractivity contribution in [1.29, 1.82) is 0 Å². The molecule has 1 aromatic rings. The molecule has 0 amide bonds. The Morgan fingerprint density at radius 2 is 2.20 bits per heavy atom. The van der Waals surface area contributed by atoms with Crippen LogP contribution >= 0.6 is 15.9 Å². The minimum Gasteiger partial charge on any atom is -0.380 e. The molecule has 1 heterocycles. The Bertz CT molecular complexity index is 423. The van der Waals surface area contributed by atoms with Gasteiger partial charge in [-0.1, -0.05) is 12.8 Å². The number of hydrogen-bond acceptors (Lipinski definition) is 4. The number of halogens is 1. The Balaban J connectivity index is 3.08. The summed E-state index contributed by atoms with van der Waals surface area (Å²) in [5.74, 6) is 5.63. The van der Waals surface area contributed by atoms with Crippen LogP contribution in [-0.4, -0.2) is 21.2 Å². The van der Waals surface area contributed by atoms with E-state index in [0.717, 1.165) is 5.69 Å². The highest BCUT2D eigenvalue weighted by Gasteiger charge is 2.05. The summed E-state index contributed by atoms with van der Waals surface area (Å²) in [5.41, 5.74) is 6.73. The van der Waals surface area contributed by atoms with E-state index >= 15 is 0 Å². The van der Waals surface area contributed by atoms with Gasteiger partial charge in [0.15, 0.2) is 0 Å². The van der Waals surface area contributed by atoms with Crippen LogP contribution in [0, 0.1) is 18.8 Å². The third-order valence-electron chi connectivity index (χ3n) is 1.78. The molecule has 0 aliphatic rings. The van der Waals surface area contributed by atoms with Crippen LogP contribution in [0.5, 0.6) is 0 Å². The molecule has 0 saturated heterocycles. The molecule has 5 heteroatoms. The van der Waals surface area contributed by atoms with Crippen molar-refractivity contribution in [3.05, 3.63) is 15.9 Å². The predicted molar refractivity (Wildman–Crippen MR) is 62.1 cm³/mol. The maximum Gasteiger partial charge on any atom is 0.221 e. The van der Waals surface area contributed by atoms with Crippen LogP contribution in [0.15, 0.2) is 4.47 Å². The van der Waals surface area contributed by atoms with Crippen LogP contribution in [0.4, 0.5) is 5.95 Å². The van der Waals surface area contributed by atoms with E-state index in [1.165, 1.54) is 0 Å². The quantitative estimate of drug-likeness (QED) is 0.753. The number of nitrogens with two attached hydrogens (primary N) is 1. The van der Waals surface area contributed by atoms with Crippen LogP contribution in [0.3, 0.4) is 0 Å². The van der Waals surface area contributed by atoms with Crippen molar-refractivity contribution < 1.29 is 5.11 Å². The monoisotopic (exact) mass is 269 g/mol. The van der Waals surface area contributed by atoms with Gasteiger partial charge in [0.1, 0.15) is 11.8 Å². The highest BCUT2D eigenvalue weighted by atomic mass is 79.9. The lowest BCUT2D eigenvalue weighted by atomic mass is 10.2. The summed E-state index contributed by atoms with van der Waals surface area (Å²) in [7, 11) is 0. The summed E-state index contributed by atoms with van der Waals surface area (Å²) >= 11 is 3.32. The zero-order valence-electron chi connectivity index (χ0n) is 8.58. The Labute approximate surface area is 97.1 Å². The highest BCUT2D eigenvalue weighted by Crippen LogP contribution is 2.17. The second-order valence-corrected chi connectivity index (χ2v) is 3.82. The molecule has 0 bridgehead atoms. The lowest BCUT2D eigenvalue weighted by molar-refractivity contribution is 0.228. The van der Waals surface area contributed by atoms with Gasteiger partial charge in [-0.05, 0) is 35.2 Å². The van der Waals surface area contributed by atoms with Gasteiger partial charge in [0.05, 0.1) is 10.2 Å². The van der Waals surface area contributed by atoms with Crippen LogP contribution < -0.4 is 5.73 Å². The topological polar surface area (TPSA) is 72.0 Å². The van der Waals surface area contributed by atoms with E-state index in [0.29, 0.717) is 16.6 Å². The number of anilines is 1. The van der Waals surface area contributed by atoms with Gasteiger partial charge in [-0.25, -0.2) is 9.97 Å². The molecule has 0 radical (unpaired) electrons. The van der Waals surface area contributed by atoms with E-state index in [2.05, 4.69) is 37.7 Å². The van der Waals surface area contributed by atoms with Crippen molar-refractivity contribution in [2.24, 2.45) is 0 Å². The summed E-state index contributed by atoms with van der Waals surface area (Å²) in [4.78, 5) is 7.95. The normalized spacial score (nSPS) is 11.7. The molecule has 4 nitrogen and oxygen atoms in total. The Morgan fingerprint density at radius 3 is 2.80 bits per heavy atom. The minimum atomic E-state index is -0.631. The number of nitrogen functional groups attached to an aromatic ring is 1. The third-order valence-corrected chi connectivity index (χ3v) is 2.73. The molecular weight excluding hydrogens is 258 g/mol. The Morgan fingerprint density at radius 1 is 1.53 bits per heavy atom. The number of aliphatic hydroxyl groups excluding tert-OH is 1. The van der Waals surface area contributed by atoms with Crippen LogP contribution in [0.1, 0.15) is 24.7 Å². The van der Waals surface area contributed by atoms with Gasteiger partial charge in [0.25, 0.3) is 0 Å². The van der Waals surface area contributed by atoms with Crippen molar-refractivity contribution in [3.63, 3.8) is 0 Å². The first-order valence-electron chi connectivity index (χ1n) is 4.53. The summed E-state index contributed by atoms with van der Waals surface area (Å²) in [5, 5.41) is 9.29. The van der Waals surface area contributed by atoms with Gasteiger partial charge in [-0.15, -0.1) is 0 Å². The van der Waals surface area contributed by atoms with E-state index < -0.39 is 6.10 Å². The maximum atomic E-state index is 9.29. The maximum absolute atomic E-state index is 9.29. The fourth-order valence-corrected chi connectivity index (χ4v) is 1.19. The Hall–Kier alpha value is -1.12. The van der Waals surface area contributed by atoms with Gasteiger partial charge in [0, 0.05) is 0 Å². The summed E-state index contributed by atoms with van der Waals surface area (Å²) in [6, 6.07) is 0. The molecule has 15 heavy (non-hydrogen) atoms. The van der Waals surface area contributed by atoms with E-state index in [9.17, 15) is 5.11 Å². The zero-order chi connectivity index (χ0) is 11.4. The molecule has 0 aliphatic carbocycles. The third kappa shape index (κ3) is 3.18. The largest absolute Gasteiger partial charge is 0.380 e. The number of rotatable bonds is 1. The average molecular weight is 270 g/mol. The van der Waals surface area contributed by atoms with E-state index in [-0.39, 0.29) is 5.95 Å². The molecule has 3 N–H and O–H groups in total. The molecule has 1 unspecified atom stereocenters. The first-order chi connectivity index (χ1) is 7.04. The van der Waals surface area contributed by atoms with Crippen molar-refractivity contribution in [2.45, 2.75) is 26.4 Å². The van der Waals surface area contributed by atoms with Gasteiger partial charge in [-0.3, -0.25) is 0 Å². The molecule has 0 aliphatic heterocycles. The fraction of sp³-hybridized carbons (Fsp3) is 0.400. The first kappa shape index (κ1) is 12.0. The lowest BCUT2D eigenvalue weighted by Crippen LogP contribution is -2.02. The molecule has 1 aromatic heterocycles. The molecule has 0 fully saturated rings. The molecular formula is C10H12BrN3O. The number of hydrogen-bond donors (Lipinski definition) is 2. The number of aryl methyl sites for hydroxylation is 1. The number of aliphatic hydroxyl groups is 1. The highest BCUT2D eigenvalue weighted by molar-refractivity contribution is 9.10. The second kappa shape index (κ2) is 5.10. The minimum absolute atomic E-state index is 0.186. The molecule has 1 atom stereocenters. The van der Waals surface area contributed by atoms with Crippen molar-refractivity contribution in [3.8, 4) is 11.8 Å². The molecule has 80 valence electrons. The molecule has 0 saturated carbocycles. The van der Waals surface area contributed by atoms with Gasteiger partial charge < -0.3 is 10.8 Å². The average Bonchev–Trinajstić information content (AvgIpc) is 2.20. The van der Waals surface area contributed by atoms with Gasteiger partial charge in [-0.2, -0.15) is 0 Å². The summed E-state index contributed by atoms with van der Waals surface area (Å²) < 4.78 is 0.715. The van der Waals surface area contributed by atoms with Gasteiger partial charge >= 0.3 is 0 Å².